The highest BCUT2D eigenvalue weighted by Crippen LogP contribution is 2.16. The summed E-state index contributed by atoms with van der Waals surface area (Å²) in [5, 5.41) is 6.95. The maximum atomic E-state index is 12.7. The number of nitrogens with one attached hydrogen (secondary N) is 1. The molecule has 0 bridgehead atoms. The van der Waals surface area contributed by atoms with Gasteiger partial charge < -0.3 is 5.73 Å². The van der Waals surface area contributed by atoms with Gasteiger partial charge in [0.15, 0.2) is 0 Å². The second-order valence-electron chi connectivity index (χ2n) is 3.36. The first kappa shape index (κ1) is 12.9. The number of nitrogens with two attached hydrogens (primary N) is 1. The topological polar surface area (TPSA) is 98.0 Å². The zero-order valence-corrected chi connectivity index (χ0v) is 10.6. The van der Waals surface area contributed by atoms with Crippen LogP contribution >= 0.6 is 11.3 Å². The summed E-state index contributed by atoms with van der Waals surface area (Å²) in [7, 11) is -3.73. The second kappa shape index (κ2) is 4.96. The molecule has 9 heteroatoms. The van der Waals surface area contributed by atoms with Gasteiger partial charge in [0.1, 0.15) is 5.82 Å². The van der Waals surface area contributed by atoms with Gasteiger partial charge in [-0.05, 0) is 17.7 Å². The SMILES string of the molecule is Nc1nnc(S(=O)(=O)NCc2ccc(F)cc2)s1. The predicted octanol–water partition coefficient (Wildman–Crippen LogP) is 0.738. The molecular formula is C9H9FN4O2S2. The van der Waals surface area contributed by atoms with Crippen molar-refractivity contribution < 1.29 is 12.8 Å². The molecule has 0 aliphatic rings. The third-order valence-corrected chi connectivity index (χ3v) is 4.55. The molecule has 1 aromatic heterocycles. The molecular weight excluding hydrogens is 279 g/mol. The Morgan fingerprint density at radius 1 is 1.28 bits per heavy atom. The molecule has 2 aromatic rings. The van der Waals surface area contributed by atoms with E-state index in [9.17, 15) is 12.8 Å². The van der Waals surface area contributed by atoms with Gasteiger partial charge in [0.2, 0.25) is 9.47 Å². The maximum Gasteiger partial charge on any atom is 0.270 e. The van der Waals surface area contributed by atoms with Gasteiger partial charge in [-0.15, -0.1) is 10.2 Å². The minimum atomic E-state index is -3.73. The van der Waals surface area contributed by atoms with Gasteiger partial charge in [-0.1, -0.05) is 23.5 Å². The molecule has 18 heavy (non-hydrogen) atoms. The van der Waals surface area contributed by atoms with Crippen LogP contribution in [0.2, 0.25) is 0 Å². The fourth-order valence-electron chi connectivity index (χ4n) is 1.17. The summed E-state index contributed by atoms with van der Waals surface area (Å²) in [4.78, 5) is 0. The van der Waals surface area contributed by atoms with E-state index in [4.69, 9.17) is 5.73 Å². The number of nitrogen functional groups attached to an aromatic ring is 1. The summed E-state index contributed by atoms with van der Waals surface area (Å²) < 4.78 is 38.3. The minimum Gasteiger partial charge on any atom is -0.374 e. The Balaban J connectivity index is 2.08. The normalized spacial score (nSPS) is 11.6. The van der Waals surface area contributed by atoms with Crippen molar-refractivity contribution in [1.82, 2.24) is 14.9 Å². The summed E-state index contributed by atoms with van der Waals surface area (Å²) in [5.41, 5.74) is 5.95. The third-order valence-electron chi connectivity index (χ3n) is 2.03. The largest absolute Gasteiger partial charge is 0.374 e. The monoisotopic (exact) mass is 288 g/mol. The van der Waals surface area contributed by atoms with Gasteiger partial charge >= 0.3 is 0 Å². The summed E-state index contributed by atoms with van der Waals surface area (Å²) in [5.74, 6) is -0.376. The van der Waals surface area contributed by atoms with Crippen LogP contribution in [0, 0.1) is 5.82 Å². The van der Waals surface area contributed by atoms with E-state index in [1.807, 2.05) is 0 Å². The molecule has 0 spiro atoms. The Morgan fingerprint density at radius 3 is 2.50 bits per heavy atom. The van der Waals surface area contributed by atoms with E-state index in [0.29, 0.717) is 5.56 Å². The van der Waals surface area contributed by atoms with Gasteiger partial charge in [-0.25, -0.2) is 17.5 Å². The lowest BCUT2D eigenvalue weighted by atomic mass is 10.2. The van der Waals surface area contributed by atoms with Crippen molar-refractivity contribution in [3.05, 3.63) is 35.6 Å². The van der Waals surface area contributed by atoms with Crippen LogP contribution in [-0.2, 0) is 16.6 Å². The highest BCUT2D eigenvalue weighted by Gasteiger charge is 2.18. The van der Waals surface area contributed by atoms with Crippen molar-refractivity contribution in [1.29, 1.82) is 0 Å². The number of benzene rings is 1. The number of nitrogens with zero attached hydrogens (tertiary/aromatic N) is 2. The van der Waals surface area contributed by atoms with Crippen LogP contribution in [0.4, 0.5) is 9.52 Å². The van der Waals surface area contributed by atoms with E-state index in [0.717, 1.165) is 11.3 Å². The Kier molecular flexibility index (Phi) is 3.55. The average molecular weight is 288 g/mol. The van der Waals surface area contributed by atoms with E-state index in [1.165, 1.54) is 24.3 Å². The molecule has 3 N–H and O–H groups in total. The van der Waals surface area contributed by atoms with Gasteiger partial charge in [0.25, 0.3) is 10.0 Å². The smallest absolute Gasteiger partial charge is 0.270 e. The van der Waals surface area contributed by atoms with Crippen LogP contribution < -0.4 is 10.5 Å². The number of hydrogen-bond donors (Lipinski definition) is 2. The van der Waals surface area contributed by atoms with Crippen LogP contribution in [0.3, 0.4) is 0 Å². The number of sulfonamides is 1. The third kappa shape index (κ3) is 3.00. The highest BCUT2D eigenvalue weighted by molar-refractivity contribution is 7.91. The lowest BCUT2D eigenvalue weighted by molar-refractivity contribution is 0.579. The van der Waals surface area contributed by atoms with Gasteiger partial charge in [0, 0.05) is 6.54 Å². The first-order valence-corrected chi connectivity index (χ1v) is 7.10. The molecule has 0 saturated heterocycles. The van der Waals surface area contributed by atoms with Gasteiger partial charge in [0.05, 0.1) is 0 Å². The molecule has 0 aliphatic carbocycles. The fraction of sp³-hybridized carbons (Fsp3) is 0.111. The van der Waals surface area contributed by atoms with Crippen LogP contribution in [0.1, 0.15) is 5.56 Å². The van der Waals surface area contributed by atoms with Crippen LogP contribution in [-0.4, -0.2) is 18.6 Å². The van der Waals surface area contributed by atoms with Crippen molar-refractivity contribution in [2.24, 2.45) is 0 Å². The van der Waals surface area contributed by atoms with Crippen LogP contribution in [0.25, 0.3) is 0 Å². The Morgan fingerprint density at radius 2 is 1.94 bits per heavy atom. The molecule has 0 amide bonds. The Bertz CT molecular complexity index is 639. The van der Waals surface area contributed by atoms with Gasteiger partial charge in [-0.2, -0.15) is 0 Å². The first-order chi connectivity index (χ1) is 8.47. The van der Waals surface area contributed by atoms with Crippen molar-refractivity contribution in [3.8, 4) is 0 Å². The Hall–Kier alpha value is -1.58. The fourth-order valence-corrected chi connectivity index (χ4v) is 3.01. The van der Waals surface area contributed by atoms with E-state index >= 15 is 0 Å². The minimum absolute atomic E-state index is 0.0437. The average Bonchev–Trinajstić information content (AvgIpc) is 2.76. The molecule has 0 fully saturated rings. The van der Waals surface area contributed by atoms with Crippen LogP contribution in [0.15, 0.2) is 28.6 Å². The molecule has 0 radical (unpaired) electrons. The number of rotatable bonds is 4. The zero-order chi connectivity index (χ0) is 13.2. The molecule has 1 heterocycles. The van der Waals surface area contributed by atoms with E-state index in [-0.39, 0.29) is 21.8 Å². The van der Waals surface area contributed by atoms with Crippen molar-refractivity contribution in [3.63, 3.8) is 0 Å². The lowest BCUT2D eigenvalue weighted by Gasteiger charge is -2.03. The lowest BCUT2D eigenvalue weighted by Crippen LogP contribution is -2.23. The summed E-state index contributed by atoms with van der Waals surface area (Å²) in [6.45, 7) is 0.0437. The van der Waals surface area contributed by atoms with E-state index in [2.05, 4.69) is 14.9 Å². The molecule has 0 aliphatic heterocycles. The van der Waals surface area contributed by atoms with Crippen molar-refractivity contribution >= 4 is 26.5 Å². The van der Waals surface area contributed by atoms with Crippen molar-refractivity contribution in [2.45, 2.75) is 10.9 Å². The van der Waals surface area contributed by atoms with Crippen molar-refractivity contribution in [2.75, 3.05) is 5.73 Å². The number of halogens is 1. The molecule has 0 unspecified atom stereocenters. The molecule has 96 valence electrons. The Labute approximate surface area is 107 Å². The number of hydrogen-bond acceptors (Lipinski definition) is 6. The zero-order valence-electron chi connectivity index (χ0n) is 9.00. The second-order valence-corrected chi connectivity index (χ2v) is 6.31. The first-order valence-electron chi connectivity index (χ1n) is 4.80. The summed E-state index contributed by atoms with van der Waals surface area (Å²) in [6.07, 6.45) is 0. The quantitative estimate of drug-likeness (QED) is 0.864. The highest BCUT2D eigenvalue weighted by atomic mass is 32.2. The van der Waals surface area contributed by atoms with Gasteiger partial charge in [-0.3, -0.25) is 0 Å². The van der Waals surface area contributed by atoms with E-state index in [1.54, 1.807) is 0 Å². The maximum absolute atomic E-state index is 12.7. The summed E-state index contributed by atoms with van der Waals surface area (Å²) in [6, 6.07) is 5.50. The molecule has 0 saturated carbocycles. The van der Waals surface area contributed by atoms with Crippen LogP contribution in [0.5, 0.6) is 0 Å². The summed E-state index contributed by atoms with van der Waals surface area (Å²) >= 11 is 0.777. The molecule has 6 nitrogen and oxygen atoms in total. The van der Waals surface area contributed by atoms with E-state index < -0.39 is 10.0 Å². The molecule has 2 rings (SSSR count). The number of anilines is 1. The predicted molar refractivity (Wildman–Crippen MR) is 64.7 cm³/mol. The number of aromatic nitrogens is 2. The molecule has 1 aromatic carbocycles. The standard InChI is InChI=1S/C9H9FN4O2S2/c10-7-3-1-6(2-4-7)5-12-18(15,16)9-14-13-8(11)17-9/h1-4,12H,5H2,(H2,11,13). The molecule has 0 atom stereocenters.